The molecule has 0 spiro atoms. The van der Waals surface area contributed by atoms with E-state index in [4.69, 9.17) is 11.5 Å². The van der Waals surface area contributed by atoms with Gasteiger partial charge in [0.1, 0.15) is 0 Å². The molecule has 3 aliphatic rings. The molecule has 1 atom stereocenters. The lowest BCUT2D eigenvalue weighted by atomic mass is 10.00. The molecular formula is C33H46F2N8O2. The van der Waals surface area contributed by atoms with Crippen LogP contribution in [0, 0.1) is 5.92 Å². The first-order valence-corrected chi connectivity index (χ1v) is 15.5. The Kier molecular flexibility index (Phi) is 11.4. The maximum atomic E-state index is 14.1. The van der Waals surface area contributed by atoms with E-state index in [1.165, 1.54) is 19.8 Å². The highest BCUT2D eigenvalue weighted by Crippen LogP contribution is 2.30. The van der Waals surface area contributed by atoms with Crippen LogP contribution in [0.3, 0.4) is 0 Å². The standard InChI is InChI=1S/C33H46F2N8O2/c1-4-26(21-40-32(37)43-18-16-41(17-19-43)24(3)44)29(42-14-12-33(34,35)13-15-42)22-39-31(45)28-7-5-6-23(2)27(28)10-11-30(36)38-20-25-8-9-25/h4-7,10-11,21,25,29,38H,1-2,8-9,12-20,22,36H2,3H3,(H2,37,40)(H,39,45)/b26-21+,27-10+,30-11+. The van der Waals surface area contributed by atoms with Crippen molar-refractivity contribution in [3.05, 3.63) is 70.5 Å². The van der Waals surface area contributed by atoms with Gasteiger partial charge in [0.2, 0.25) is 5.91 Å². The van der Waals surface area contributed by atoms with E-state index in [-0.39, 0.29) is 50.2 Å². The molecule has 1 saturated carbocycles. The summed E-state index contributed by atoms with van der Waals surface area (Å²) in [6.45, 7) is 13.0. The Morgan fingerprint density at radius 3 is 2.38 bits per heavy atom. The van der Waals surface area contributed by atoms with Crippen LogP contribution in [0.25, 0.3) is 12.7 Å². The Bertz CT molecular complexity index is 1430. The minimum absolute atomic E-state index is 0.0180. The Morgan fingerprint density at radius 1 is 1.09 bits per heavy atom. The number of amides is 2. The number of alkyl halides is 2. The van der Waals surface area contributed by atoms with Crippen LogP contribution in [0.15, 0.2) is 59.5 Å². The first-order valence-electron chi connectivity index (χ1n) is 15.5. The largest absolute Gasteiger partial charge is 0.386 e. The Balaban J connectivity index is 1.52. The number of carbonyl (C=O) groups excluding carboxylic acids is 2. The van der Waals surface area contributed by atoms with Crippen LogP contribution in [0.4, 0.5) is 8.78 Å². The van der Waals surface area contributed by atoms with Crippen molar-refractivity contribution >= 4 is 30.4 Å². The lowest BCUT2D eigenvalue weighted by Gasteiger charge is -2.38. The molecule has 10 nitrogen and oxygen atoms in total. The number of hydrogen-bond donors (Lipinski definition) is 4. The molecule has 6 N–H and O–H groups in total. The summed E-state index contributed by atoms with van der Waals surface area (Å²) in [6.07, 6.45) is 8.57. The highest BCUT2D eigenvalue weighted by atomic mass is 19.3. The third kappa shape index (κ3) is 9.65. The maximum absolute atomic E-state index is 14.1. The quantitative estimate of drug-likeness (QED) is 0.165. The minimum Gasteiger partial charge on any atom is -0.386 e. The molecular weight excluding hydrogens is 578 g/mol. The van der Waals surface area contributed by atoms with E-state index in [9.17, 15) is 18.4 Å². The third-order valence-electron chi connectivity index (χ3n) is 8.60. The molecule has 1 unspecified atom stereocenters. The van der Waals surface area contributed by atoms with Crippen molar-refractivity contribution in [1.29, 1.82) is 0 Å². The number of carbonyl (C=O) groups is 2. The van der Waals surface area contributed by atoms with Gasteiger partial charge < -0.3 is 31.9 Å². The lowest BCUT2D eigenvalue weighted by Crippen LogP contribution is -2.52. The topological polar surface area (TPSA) is 132 Å². The van der Waals surface area contributed by atoms with Gasteiger partial charge in [-0.1, -0.05) is 37.4 Å². The lowest BCUT2D eigenvalue weighted by molar-refractivity contribution is -0.130. The zero-order chi connectivity index (χ0) is 32.6. The van der Waals surface area contributed by atoms with Crippen molar-refractivity contribution in [2.24, 2.45) is 22.4 Å². The molecule has 1 aliphatic carbocycles. The molecule has 0 radical (unpaired) electrons. The predicted molar refractivity (Wildman–Crippen MR) is 174 cm³/mol. The molecule has 1 aromatic rings. The van der Waals surface area contributed by atoms with E-state index >= 15 is 0 Å². The van der Waals surface area contributed by atoms with Crippen LogP contribution >= 0.6 is 0 Å². The first-order chi connectivity index (χ1) is 21.5. The summed E-state index contributed by atoms with van der Waals surface area (Å²) >= 11 is 0. The van der Waals surface area contributed by atoms with Gasteiger partial charge in [0, 0.05) is 83.9 Å². The molecule has 12 heteroatoms. The summed E-state index contributed by atoms with van der Waals surface area (Å²) in [5.41, 5.74) is 13.5. The fraction of sp³-hybridized carbons (Fsp3) is 0.485. The molecule has 244 valence electrons. The summed E-state index contributed by atoms with van der Waals surface area (Å²) in [4.78, 5) is 35.2. The molecule has 1 aromatic carbocycles. The fourth-order valence-electron chi connectivity index (χ4n) is 5.48. The van der Waals surface area contributed by atoms with E-state index < -0.39 is 12.0 Å². The second-order valence-corrected chi connectivity index (χ2v) is 11.9. The Hall–Kier alpha value is -4.19. The highest BCUT2D eigenvalue weighted by Gasteiger charge is 2.37. The zero-order valence-electron chi connectivity index (χ0n) is 26.1. The minimum atomic E-state index is -2.73. The van der Waals surface area contributed by atoms with Crippen LogP contribution < -0.4 is 32.5 Å². The number of nitrogens with zero attached hydrogens (tertiary/aromatic N) is 4. The number of aliphatic imine (C=N–C) groups is 1. The molecule has 3 fully saturated rings. The van der Waals surface area contributed by atoms with Gasteiger partial charge in [-0.3, -0.25) is 14.5 Å². The summed E-state index contributed by atoms with van der Waals surface area (Å²) in [6, 6.07) is 4.84. The van der Waals surface area contributed by atoms with Crippen LogP contribution in [-0.4, -0.2) is 96.8 Å². The monoisotopic (exact) mass is 624 g/mol. The second kappa shape index (κ2) is 15.2. The van der Waals surface area contributed by atoms with Gasteiger partial charge in [0.05, 0.1) is 11.9 Å². The van der Waals surface area contributed by atoms with E-state index in [0.29, 0.717) is 59.5 Å². The van der Waals surface area contributed by atoms with Crippen molar-refractivity contribution < 1.29 is 18.4 Å². The number of benzene rings is 1. The van der Waals surface area contributed by atoms with Crippen LogP contribution in [-0.2, 0) is 4.79 Å². The van der Waals surface area contributed by atoms with Crippen LogP contribution in [0.2, 0.25) is 0 Å². The smallest absolute Gasteiger partial charge is 0.251 e. The number of hydrogen-bond acceptors (Lipinski definition) is 6. The average Bonchev–Trinajstić information content (AvgIpc) is 3.85. The zero-order valence-corrected chi connectivity index (χ0v) is 26.1. The second-order valence-electron chi connectivity index (χ2n) is 11.9. The number of rotatable bonds is 11. The number of piperazine rings is 1. The van der Waals surface area contributed by atoms with Gasteiger partial charge in [0.25, 0.3) is 11.8 Å². The van der Waals surface area contributed by atoms with Crippen molar-refractivity contribution in [2.45, 2.75) is 44.6 Å². The van der Waals surface area contributed by atoms with Crippen molar-refractivity contribution in [1.82, 2.24) is 25.3 Å². The summed E-state index contributed by atoms with van der Waals surface area (Å²) in [5.74, 6) is -1.57. The Morgan fingerprint density at radius 2 is 1.76 bits per heavy atom. The first kappa shape index (κ1) is 33.7. The van der Waals surface area contributed by atoms with Crippen LogP contribution in [0.1, 0.15) is 43.0 Å². The molecule has 2 heterocycles. The third-order valence-corrected chi connectivity index (χ3v) is 8.60. The van der Waals surface area contributed by atoms with Crippen molar-refractivity contribution in [3.8, 4) is 0 Å². The van der Waals surface area contributed by atoms with Gasteiger partial charge >= 0.3 is 0 Å². The number of guanidine groups is 1. The van der Waals surface area contributed by atoms with E-state index in [2.05, 4.69) is 28.8 Å². The molecule has 0 bridgehead atoms. The van der Waals surface area contributed by atoms with E-state index in [1.54, 1.807) is 41.5 Å². The average molecular weight is 625 g/mol. The maximum Gasteiger partial charge on any atom is 0.251 e. The SMILES string of the molecule is C=C/C(=C\N=C(N)N1CCN(C(C)=O)CC1)C(CNC(=O)c1cccc(=C)/c1=C\C=C(/N)NCC1CC1)N1CCC(F)(F)CC1. The fourth-order valence-corrected chi connectivity index (χ4v) is 5.48. The number of nitrogens with two attached hydrogens (primary N) is 2. The summed E-state index contributed by atoms with van der Waals surface area (Å²) in [5, 5.41) is 7.52. The normalized spacial score (nSPS) is 21.0. The number of likely N-dealkylation sites (tertiary alicyclic amines) is 1. The van der Waals surface area contributed by atoms with E-state index in [1.807, 2.05) is 15.9 Å². The Labute approximate surface area is 263 Å². The summed E-state index contributed by atoms with van der Waals surface area (Å²) in [7, 11) is 0. The van der Waals surface area contributed by atoms with Crippen LogP contribution in [0.5, 0.6) is 0 Å². The predicted octanol–water partition coefficient (Wildman–Crippen LogP) is 1.06. The molecule has 4 rings (SSSR count). The number of nitrogens with one attached hydrogen (secondary N) is 2. The van der Waals surface area contributed by atoms with Gasteiger partial charge in [-0.05, 0) is 46.9 Å². The van der Waals surface area contributed by atoms with E-state index in [0.717, 1.165) is 6.54 Å². The van der Waals surface area contributed by atoms with Gasteiger partial charge in [0.15, 0.2) is 5.96 Å². The highest BCUT2D eigenvalue weighted by molar-refractivity contribution is 5.94. The van der Waals surface area contributed by atoms with Gasteiger partial charge in [-0.2, -0.15) is 0 Å². The number of halogens is 2. The number of piperidine rings is 1. The molecule has 45 heavy (non-hydrogen) atoms. The molecule has 2 amide bonds. The molecule has 2 aliphatic heterocycles. The number of allylic oxidation sites excluding steroid dienone is 1. The summed E-state index contributed by atoms with van der Waals surface area (Å²) < 4.78 is 28.1. The van der Waals surface area contributed by atoms with Crippen molar-refractivity contribution in [3.63, 3.8) is 0 Å². The van der Waals surface area contributed by atoms with Gasteiger partial charge in [-0.25, -0.2) is 13.8 Å². The van der Waals surface area contributed by atoms with Gasteiger partial charge in [-0.15, -0.1) is 0 Å². The molecule has 0 aromatic heterocycles. The molecule has 2 saturated heterocycles. The van der Waals surface area contributed by atoms with Crippen molar-refractivity contribution in [2.75, 3.05) is 52.4 Å².